The summed E-state index contributed by atoms with van der Waals surface area (Å²) >= 11 is 0. The van der Waals surface area contributed by atoms with Gasteiger partial charge in [0, 0.05) is 12.1 Å². The monoisotopic (exact) mass is 220 g/mol. The second-order valence-corrected chi connectivity index (χ2v) is 3.89. The van der Waals surface area contributed by atoms with E-state index in [4.69, 9.17) is 14.2 Å². The van der Waals surface area contributed by atoms with Gasteiger partial charge in [-0.05, 0) is 25.5 Å². The first-order chi connectivity index (χ1) is 7.65. The Morgan fingerprint density at radius 2 is 1.94 bits per heavy atom. The van der Waals surface area contributed by atoms with E-state index in [0.717, 1.165) is 22.8 Å². The minimum absolute atomic E-state index is 0.101. The molecule has 0 amide bonds. The maximum absolute atomic E-state index is 5.80. The molecule has 0 saturated carbocycles. The van der Waals surface area contributed by atoms with Crippen LogP contribution >= 0.6 is 0 Å². The number of rotatable bonds is 2. The minimum Gasteiger partial charge on any atom is -0.496 e. The van der Waals surface area contributed by atoms with Gasteiger partial charge in [0.2, 0.25) is 0 Å². The van der Waals surface area contributed by atoms with Gasteiger partial charge in [-0.1, -0.05) is 0 Å². The molecular weight excluding hydrogens is 204 g/mol. The van der Waals surface area contributed by atoms with Crippen molar-refractivity contribution in [2.75, 3.05) is 14.2 Å². The summed E-state index contributed by atoms with van der Waals surface area (Å²) in [5, 5.41) is 0. The first-order valence-corrected chi connectivity index (χ1v) is 5.26. The number of hydrogen-bond donors (Lipinski definition) is 0. The number of hydrogen-bond acceptors (Lipinski definition) is 3. The van der Waals surface area contributed by atoms with Gasteiger partial charge in [0.1, 0.15) is 23.4 Å². The fourth-order valence-corrected chi connectivity index (χ4v) is 1.73. The maximum Gasteiger partial charge on any atom is 0.134 e. The Balaban J connectivity index is 2.56. The van der Waals surface area contributed by atoms with Gasteiger partial charge in [0.25, 0.3) is 0 Å². The SMILES string of the molecule is COc1cc(OC)c2c(c1)OC(C)C(C)=C2. The van der Waals surface area contributed by atoms with E-state index < -0.39 is 0 Å². The average Bonchev–Trinajstić information content (AvgIpc) is 2.29. The van der Waals surface area contributed by atoms with E-state index in [1.165, 1.54) is 5.57 Å². The molecule has 2 rings (SSSR count). The van der Waals surface area contributed by atoms with Crippen LogP contribution in [0.25, 0.3) is 6.08 Å². The summed E-state index contributed by atoms with van der Waals surface area (Å²) in [5.74, 6) is 2.34. The summed E-state index contributed by atoms with van der Waals surface area (Å²) < 4.78 is 16.3. The van der Waals surface area contributed by atoms with Crippen molar-refractivity contribution in [2.24, 2.45) is 0 Å². The molecule has 1 aliphatic rings. The van der Waals surface area contributed by atoms with Gasteiger partial charge in [-0.3, -0.25) is 0 Å². The van der Waals surface area contributed by atoms with Crippen molar-refractivity contribution < 1.29 is 14.2 Å². The van der Waals surface area contributed by atoms with Crippen molar-refractivity contribution in [1.82, 2.24) is 0 Å². The molecule has 1 unspecified atom stereocenters. The van der Waals surface area contributed by atoms with Crippen LogP contribution in [-0.2, 0) is 0 Å². The molecule has 1 atom stereocenters. The third kappa shape index (κ3) is 1.73. The van der Waals surface area contributed by atoms with Crippen molar-refractivity contribution in [3.63, 3.8) is 0 Å². The molecule has 1 aliphatic heterocycles. The van der Waals surface area contributed by atoms with E-state index in [-0.39, 0.29) is 6.10 Å². The molecule has 0 saturated heterocycles. The molecule has 1 aromatic rings. The van der Waals surface area contributed by atoms with Crippen LogP contribution in [0.5, 0.6) is 17.2 Å². The molecule has 0 N–H and O–H groups in total. The summed E-state index contributed by atoms with van der Waals surface area (Å²) in [5.41, 5.74) is 2.18. The van der Waals surface area contributed by atoms with Crippen molar-refractivity contribution in [2.45, 2.75) is 20.0 Å². The number of methoxy groups -OCH3 is 2. The molecule has 0 radical (unpaired) electrons. The Bertz CT molecular complexity index is 435. The minimum atomic E-state index is 0.101. The second kappa shape index (κ2) is 4.08. The van der Waals surface area contributed by atoms with E-state index in [9.17, 15) is 0 Å². The Kier molecular flexibility index (Phi) is 2.77. The van der Waals surface area contributed by atoms with E-state index in [0.29, 0.717) is 0 Å². The lowest BCUT2D eigenvalue weighted by atomic mass is 10.0. The summed E-state index contributed by atoms with van der Waals surface area (Å²) in [7, 11) is 3.28. The summed E-state index contributed by atoms with van der Waals surface area (Å²) in [6, 6.07) is 3.75. The third-order valence-corrected chi connectivity index (χ3v) is 2.85. The molecular formula is C13H16O3. The van der Waals surface area contributed by atoms with Crippen LogP contribution in [-0.4, -0.2) is 20.3 Å². The van der Waals surface area contributed by atoms with Crippen LogP contribution in [0.2, 0.25) is 0 Å². The Labute approximate surface area is 95.6 Å². The lowest BCUT2D eigenvalue weighted by Gasteiger charge is -2.24. The third-order valence-electron chi connectivity index (χ3n) is 2.85. The molecule has 1 aromatic carbocycles. The molecule has 3 heteroatoms. The van der Waals surface area contributed by atoms with Crippen molar-refractivity contribution >= 4 is 6.08 Å². The lowest BCUT2D eigenvalue weighted by Crippen LogP contribution is -2.17. The molecule has 3 nitrogen and oxygen atoms in total. The smallest absolute Gasteiger partial charge is 0.134 e. The average molecular weight is 220 g/mol. The molecule has 0 aliphatic carbocycles. The highest BCUT2D eigenvalue weighted by Gasteiger charge is 2.20. The van der Waals surface area contributed by atoms with Gasteiger partial charge >= 0.3 is 0 Å². The first kappa shape index (κ1) is 10.9. The molecule has 0 aromatic heterocycles. The van der Waals surface area contributed by atoms with E-state index in [1.807, 2.05) is 19.1 Å². The van der Waals surface area contributed by atoms with E-state index >= 15 is 0 Å². The summed E-state index contributed by atoms with van der Waals surface area (Å²) in [6.45, 7) is 4.08. The molecule has 86 valence electrons. The van der Waals surface area contributed by atoms with Crippen LogP contribution < -0.4 is 14.2 Å². The van der Waals surface area contributed by atoms with Crippen molar-refractivity contribution in [1.29, 1.82) is 0 Å². The summed E-state index contributed by atoms with van der Waals surface area (Å²) in [4.78, 5) is 0. The molecule has 1 heterocycles. The highest BCUT2D eigenvalue weighted by atomic mass is 16.5. The van der Waals surface area contributed by atoms with Crippen LogP contribution in [0.1, 0.15) is 19.4 Å². The first-order valence-electron chi connectivity index (χ1n) is 5.26. The fraction of sp³-hybridized carbons (Fsp3) is 0.385. The van der Waals surface area contributed by atoms with Gasteiger partial charge in [-0.2, -0.15) is 0 Å². The predicted molar refractivity (Wildman–Crippen MR) is 63.3 cm³/mol. The van der Waals surface area contributed by atoms with Crippen LogP contribution in [0.15, 0.2) is 17.7 Å². The molecule has 0 spiro atoms. The quantitative estimate of drug-likeness (QED) is 0.767. The van der Waals surface area contributed by atoms with Gasteiger partial charge in [-0.15, -0.1) is 0 Å². The largest absolute Gasteiger partial charge is 0.496 e. The standard InChI is InChI=1S/C13H16O3/c1-8-5-11-12(15-4)6-10(14-3)7-13(11)16-9(8)2/h5-7,9H,1-4H3. The van der Waals surface area contributed by atoms with Crippen molar-refractivity contribution in [3.05, 3.63) is 23.3 Å². The van der Waals surface area contributed by atoms with Gasteiger partial charge in [0.15, 0.2) is 0 Å². The molecule has 0 fully saturated rings. The second-order valence-electron chi connectivity index (χ2n) is 3.89. The molecule has 0 bridgehead atoms. The maximum atomic E-state index is 5.80. The zero-order chi connectivity index (χ0) is 11.7. The van der Waals surface area contributed by atoms with Crippen molar-refractivity contribution in [3.8, 4) is 17.2 Å². The van der Waals surface area contributed by atoms with Crippen LogP contribution in [0, 0.1) is 0 Å². The number of benzene rings is 1. The normalized spacial score (nSPS) is 18.2. The number of ether oxygens (including phenoxy) is 3. The van der Waals surface area contributed by atoms with E-state index in [2.05, 4.69) is 13.0 Å². The van der Waals surface area contributed by atoms with Gasteiger partial charge < -0.3 is 14.2 Å². The Morgan fingerprint density at radius 3 is 2.56 bits per heavy atom. The fourth-order valence-electron chi connectivity index (χ4n) is 1.73. The predicted octanol–water partition coefficient (Wildman–Crippen LogP) is 2.89. The van der Waals surface area contributed by atoms with Gasteiger partial charge in [-0.25, -0.2) is 0 Å². The highest BCUT2D eigenvalue weighted by Crippen LogP contribution is 2.39. The molecule has 16 heavy (non-hydrogen) atoms. The Morgan fingerprint density at radius 1 is 1.19 bits per heavy atom. The summed E-state index contributed by atoms with van der Waals surface area (Å²) in [6.07, 6.45) is 2.20. The topological polar surface area (TPSA) is 27.7 Å². The van der Waals surface area contributed by atoms with E-state index in [1.54, 1.807) is 14.2 Å². The van der Waals surface area contributed by atoms with Gasteiger partial charge in [0.05, 0.1) is 19.8 Å². The van der Waals surface area contributed by atoms with Crippen LogP contribution in [0.4, 0.5) is 0 Å². The highest BCUT2D eigenvalue weighted by molar-refractivity contribution is 5.70. The lowest BCUT2D eigenvalue weighted by molar-refractivity contribution is 0.250. The zero-order valence-electron chi connectivity index (χ0n) is 10.0. The zero-order valence-corrected chi connectivity index (χ0v) is 10.0. The number of fused-ring (bicyclic) bond motifs is 1. The van der Waals surface area contributed by atoms with Crippen LogP contribution in [0.3, 0.4) is 0 Å². The Hall–Kier alpha value is -1.64.